The number of amides is 1. The number of hydrogen-bond donors (Lipinski definition) is 1. The number of ether oxygens (including phenoxy) is 2. The van der Waals surface area contributed by atoms with E-state index in [9.17, 15) is 4.79 Å². The number of carbonyl (C=O) groups excluding carboxylic acids is 1. The standard InChI is InChI=1S/C22H33NO3.CH2O2/c1-5-7-8-10-18(9-6-2)22(24)23(19-11-12-19)16-17-13-20(25-3)15-21(14-17)26-4;2-1-3/h9,13-15,19H,5-8,10-12,16H2,1-4H3;1H,(H,2,3)/b18-9-;. The zero-order valence-electron chi connectivity index (χ0n) is 18.1. The molecule has 0 spiro atoms. The third-order valence-corrected chi connectivity index (χ3v) is 4.79. The van der Waals surface area contributed by atoms with Gasteiger partial charge in [-0.05, 0) is 49.8 Å². The Morgan fingerprint density at radius 3 is 2.17 bits per heavy atom. The Kier molecular flexibility index (Phi) is 11.5. The monoisotopic (exact) mass is 405 g/mol. The predicted molar refractivity (Wildman–Crippen MR) is 114 cm³/mol. The Morgan fingerprint density at radius 1 is 1.14 bits per heavy atom. The zero-order chi connectivity index (χ0) is 21.6. The average molecular weight is 406 g/mol. The molecule has 1 saturated carbocycles. The van der Waals surface area contributed by atoms with Crippen molar-refractivity contribution in [3.8, 4) is 11.5 Å². The predicted octanol–water partition coefficient (Wildman–Crippen LogP) is 4.81. The summed E-state index contributed by atoms with van der Waals surface area (Å²) in [6.07, 6.45) is 9.51. The molecule has 0 radical (unpaired) electrons. The highest BCUT2D eigenvalue weighted by atomic mass is 16.5. The lowest BCUT2D eigenvalue weighted by Crippen LogP contribution is -2.33. The maximum absolute atomic E-state index is 13.2. The number of carbonyl (C=O) groups is 2. The van der Waals surface area contributed by atoms with Crippen molar-refractivity contribution in [2.24, 2.45) is 0 Å². The van der Waals surface area contributed by atoms with Gasteiger partial charge in [0.15, 0.2) is 0 Å². The Hall–Kier alpha value is -2.50. The van der Waals surface area contributed by atoms with Gasteiger partial charge in [0, 0.05) is 24.2 Å². The van der Waals surface area contributed by atoms with Crippen LogP contribution in [0.25, 0.3) is 0 Å². The van der Waals surface area contributed by atoms with Crippen LogP contribution in [0.3, 0.4) is 0 Å². The summed E-state index contributed by atoms with van der Waals surface area (Å²) in [5.41, 5.74) is 2.02. The molecule has 2 rings (SSSR count). The minimum Gasteiger partial charge on any atom is -0.497 e. The first kappa shape index (κ1) is 24.5. The maximum Gasteiger partial charge on any atom is 0.290 e. The van der Waals surface area contributed by atoms with E-state index in [2.05, 4.69) is 19.9 Å². The second kappa shape index (κ2) is 13.6. The quantitative estimate of drug-likeness (QED) is 0.325. The van der Waals surface area contributed by atoms with Crippen LogP contribution >= 0.6 is 0 Å². The number of allylic oxidation sites excluding steroid dienone is 1. The highest BCUT2D eigenvalue weighted by Gasteiger charge is 2.33. The molecule has 0 aliphatic heterocycles. The van der Waals surface area contributed by atoms with E-state index in [1.54, 1.807) is 14.2 Å². The van der Waals surface area contributed by atoms with Crippen LogP contribution in [0.4, 0.5) is 0 Å². The molecule has 0 heterocycles. The first-order chi connectivity index (χ1) is 14.0. The molecule has 0 aromatic heterocycles. The fourth-order valence-corrected chi connectivity index (χ4v) is 3.20. The fourth-order valence-electron chi connectivity index (χ4n) is 3.20. The molecule has 1 aromatic carbocycles. The van der Waals surface area contributed by atoms with Gasteiger partial charge in [0.25, 0.3) is 6.47 Å². The summed E-state index contributed by atoms with van der Waals surface area (Å²) in [5.74, 6) is 1.72. The molecule has 1 fully saturated rings. The van der Waals surface area contributed by atoms with Crippen molar-refractivity contribution in [1.82, 2.24) is 4.90 Å². The number of nitrogens with zero attached hydrogens (tertiary/aromatic N) is 1. The van der Waals surface area contributed by atoms with Gasteiger partial charge in [-0.2, -0.15) is 0 Å². The minimum absolute atomic E-state index is 0.201. The first-order valence-corrected chi connectivity index (χ1v) is 10.3. The lowest BCUT2D eigenvalue weighted by Gasteiger charge is -2.25. The Labute approximate surface area is 174 Å². The van der Waals surface area contributed by atoms with Gasteiger partial charge in [0.05, 0.1) is 14.2 Å². The third kappa shape index (κ3) is 8.59. The first-order valence-electron chi connectivity index (χ1n) is 10.3. The molecule has 6 heteroatoms. The van der Waals surface area contributed by atoms with Crippen LogP contribution in [-0.2, 0) is 16.1 Å². The largest absolute Gasteiger partial charge is 0.497 e. The number of methoxy groups -OCH3 is 2. The Balaban J connectivity index is 0.00000132. The van der Waals surface area contributed by atoms with E-state index in [1.807, 2.05) is 23.1 Å². The summed E-state index contributed by atoms with van der Waals surface area (Å²) in [6, 6.07) is 6.21. The molecular weight excluding hydrogens is 370 g/mol. The van der Waals surface area contributed by atoms with Gasteiger partial charge in [-0.1, -0.05) is 32.8 Å². The molecule has 6 nitrogen and oxygen atoms in total. The van der Waals surface area contributed by atoms with Crippen LogP contribution < -0.4 is 9.47 Å². The third-order valence-electron chi connectivity index (χ3n) is 4.79. The molecule has 1 N–H and O–H groups in total. The molecule has 0 saturated heterocycles. The van der Waals surface area contributed by atoms with Gasteiger partial charge in [0.1, 0.15) is 11.5 Å². The van der Waals surface area contributed by atoms with Crippen molar-refractivity contribution < 1.29 is 24.2 Å². The van der Waals surface area contributed by atoms with Crippen molar-refractivity contribution in [1.29, 1.82) is 0 Å². The van der Waals surface area contributed by atoms with Gasteiger partial charge in [-0.15, -0.1) is 0 Å². The zero-order valence-corrected chi connectivity index (χ0v) is 18.1. The van der Waals surface area contributed by atoms with Crippen molar-refractivity contribution in [2.45, 2.75) is 71.4 Å². The van der Waals surface area contributed by atoms with E-state index < -0.39 is 0 Å². The van der Waals surface area contributed by atoms with Crippen LogP contribution in [0.5, 0.6) is 11.5 Å². The van der Waals surface area contributed by atoms with E-state index in [1.165, 1.54) is 12.8 Å². The molecule has 162 valence electrons. The highest BCUT2D eigenvalue weighted by Crippen LogP contribution is 2.32. The summed E-state index contributed by atoms with van der Waals surface area (Å²) in [5, 5.41) is 6.89. The summed E-state index contributed by atoms with van der Waals surface area (Å²) >= 11 is 0. The molecule has 1 aromatic rings. The molecule has 1 amide bonds. The second-order valence-electron chi connectivity index (χ2n) is 7.09. The molecule has 1 aliphatic carbocycles. The van der Waals surface area contributed by atoms with Crippen LogP contribution in [0.2, 0.25) is 0 Å². The van der Waals surface area contributed by atoms with E-state index in [0.29, 0.717) is 12.6 Å². The lowest BCUT2D eigenvalue weighted by atomic mass is 10.0. The topological polar surface area (TPSA) is 76.1 Å². The summed E-state index contributed by atoms with van der Waals surface area (Å²) in [7, 11) is 3.30. The van der Waals surface area contributed by atoms with Gasteiger partial charge >= 0.3 is 0 Å². The molecule has 1 aliphatic rings. The second-order valence-corrected chi connectivity index (χ2v) is 7.09. The van der Waals surface area contributed by atoms with E-state index in [-0.39, 0.29) is 12.4 Å². The summed E-state index contributed by atoms with van der Waals surface area (Å²) in [6.45, 7) is 4.64. The van der Waals surface area contributed by atoms with E-state index in [4.69, 9.17) is 19.4 Å². The number of unbranched alkanes of at least 4 members (excludes halogenated alkanes) is 2. The van der Waals surface area contributed by atoms with Crippen molar-refractivity contribution >= 4 is 12.4 Å². The van der Waals surface area contributed by atoms with Gasteiger partial charge in [0.2, 0.25) is 5.91 Å². The van der Waals surface area contributed by atoms with Crippen molar-refractivity contribution in [3.05, 3.63) is 35.4 Å². The van der Waals surface area contributed by atoms with Crippen LogP contribution in [0.1, 0.15) is 64.4 Å². The molecule has 0 bridgehead atoms. The number of benzene rings is 1. The average Bonchev–Trinajstić information content (AvgIpc) is 3.56. The van der Waals surface area contributed by atoms with Crippen molar-refractivity contribution in [2.75, 3.05) is 14.2 Å². The molecule has 29 heavy (non-hydrogen) atoms. The van der Waals surface area contributed by atoms with Gasteiger partial charge < -0.3 is 19.5 Å². The number of rotatable bonds is 11. The smallest absolute Gasteiger partial charge is 0.290 e. The van der Waals surface area contributed by atoms with E-state index >= 15 is 0 Å². The molecule has 0 unspecified atom stereocenters. The molecular formula is C23H35NO5. The van der Waals surface area contributed by atoms with Crippen molar-refractivity contribution in [3.63, 3.8) is 0 Å². The van der Waals surface area contributed by atoms with Crippen LogP contribution in [-0.4, -0.2) is 42.6 Å². The van der Waals surface area contributed by atoms with Crippen LogP contribution in [0, 0.1) is 0 Å². The Bertz CT molecular complexity index is 645. The van der Waals surface area contributed by atoms with Gasteiger partial charge in [-0.3, -0.25) is 9.59 Å². The summed E-state index contributed by atoms with van der Waals surface area (Å²) < 4.78 is 10.7. The molecule has 0 atom stereocenters. The SMILES string of the molecule is CC/C=C(/CCCCC)C(=O)N(Cc1cc(OC)cc(OC)c1)C1CC1.O=CO. The maximum atomic E-state index is 13.2. The van der Waals surface area contributed by atoms with Crippen LogP contribution in [0.15, 0.2) is 29.8 Å². The fraction of sp³-hybridized carbons (Fsp3) is 0.565. The van der Waals surface area contributed by atoms with E-state index in [0.717, 1.165) is 54.7 Å². The van der Waals surface area contributed by atoms with Gasteiger partial charge in [-0.25, -0.2) is 0 Å². The number of hydrogen-bond acceptors (Lipinski definition) is 4. The lowest BCUT2D eigenvalue weighted by molar-refractivity contribution is -0.128. The minimum atomic E-state index is -0.250. The Morgan fingerprint density at radius 2 is 1.72 bits per heavy atom. The normalized spacial score (nSPS) is 13.2. The highest BCUT2D eigenvalue weighted by molar-refractivity contribution is 5.93. The summed E-state index contributed by atoms with van der Waals surface area (Å²) in [4.78, 5) is 23.6. The number of carboxylic acid groups (broad SMARTS) is 1.